The predicted octanol–water partition coefficient (Wildman–Crippen LogP) is 0.0317. The zero-order valence-electron chi connectivity index (χ0n) is 10.5. The minimum Gasteiger partial charge on any atom is -0.291 e. The van der Waals surface area contributed by atoms with Crippen molar-refractivity contribution in [2.45, 2.75) is 38.0 Å². The average Bonchev–Trinajstić information content (AvgIpc) is 2.35. The molecule has 13 nitrogen and oxygen atoms in total. The van der Waals surface area contributed by atoms with Crippen molar-refractivity contribution < 1.29 is 24.5 Å². The monoisotopic (exact) mass is 307 g/mol. The molecule has 0 saturated heterocycles. The third-order valence-corrected chi connectivity index (χ3v) is 2.69. The molecule has 0 saturated carbocycles. The molecule has 0 aliphatic rings. The first kappa shape index (κ1) is 18.3. The minimum atomic E-state index is -2.09. The number of nitro groups is 4. The Morgan fingerprint density at radius 3 is 1.14 bits per heavy atom. The summed E-state index contributed by atoms with van der Waals surface area (Å²) in [6.07, 6.45) is -4.51. The first-order valence-corrected chi connectivity index (χ1v) is 5.62. The summed E-state index contributed by atoms with van der Waals surface area (Å²) < 4.78 is 0. The molecule has 0 unspecified atom stereocenters. The maximum absolute atomic E-state index is 10.6. The molecule has 0 aromatic heterocycles. The molecular weight excluding hydrogens is 296 g/mol. The van der Waals surface area contributed by atoms with E-state index < -0.39 is 50.8 Å². The standard InChI is InChI=1S/C8H11N4O9/c13-5-6(1-3-7(9(14)15)10(16)17)2-4-8(11(18)19)12(20)21/h6-8H,1-4H2. The summed E-state index contributed by atoms with van der Waals surface area (Å²) in [5.74, 6) is -1.07. The molecule has 0 aliphatic carbocycles. The molecule has 1 radical (unpaired) electrons. The Hall–Kier alpha value is -2.73. The van der Waals surface area contributed by atoms with Crippen LogP contribution in [-0.4, -0.2) is 38.3 Å². The van der Waals surface area contributed by atoms with E-state index in [9.17, 15) is 45.3 Å². The second-order valence-electron chi connectivity index (χ2n) is 4.07. The average molecular weight is 307 g/mol. The molecule has 0 amide bonds. The molecule has 13 heteroatoms. The molecule has 0 aromatic rings. The Balaban J connectivity index is 4.50. The van der Waals surface area contributed by atoms with Crippen LogP contribution in [0.3, 0.4) is 0 Å². The Morgan fingerprint density at radius 1 is 0.667 bits per heavy atom. The van der Waals surface area contributed by atoms with E-state index in [1.54, 1.807) is 0 Å². The van der Waals surface area contributed by atoms with Crippen molar-refractivity contribution in [1.29, 1.82) is 0 Å². The summed E-state index contributed by atoms with van der Waals surface area (Å²) in [6, 6.07) is 0. The smallest absolute Gasteiger partial charge is 0.291 e. The number of hydrogen-bond acceptors (Lipinski definition) is 9. The summed E-state index contributed by atoms with van der Waals surface area (Å²) in [5.41, 5.74) is 0. The maximum Gasteiger partial charge on any atom is 0.450 e. The van der Waals surface area contributed by atoms with Crippen LogP contribution >= 0.6 is 0 Å². The van der Waals surface area contributed by atoms with Crippen LogP contribution in [0.2, 0.25) is 0 Å². The Bertz CT molecular complexity index is 375. The van der Waals surface area contributed by atoms with E-state index in [1.165, 1.54) is 6.29 Å². The van der Waals surface area contributed by atoms with Gasteiger partial charge in [-0.05, 0) is 12.8 Å². The largest absolute Gasteiger partial charge is 0.450 e. The first-order chi connectivity index (χ1) is 9.70. The molecule has 0 aromatic carbocycles. The highest BCUT2D eigenvalue weighted by atomic mass is 16.7. The van der Waals surface area contributed by atoms with Gasteiger partial charge in [0.15, 0.2) is 0 Å². The highest BCUT2D eigenvalue weighted by molar-refractivity contribution is 5.54. The van der Waals surface area contributed by atoms with Crippen LogP contribution in [0, 0.1) is 46.4 Å². The quantitative estimate of drug-likeness (QED) is 0.288. The normalized spacial score (nSPS) is 10.8. The second-order valence-corrected chi connectivity index (χ2v) is 4.07. The predicted molar refractivity (Wildman–Crippen MR) is 63.2 cm³/mol. The fourth-order valence-electron chi connectivity index (χ4n) is 1.54. The van der Waals surface area contributed by atoms with E-state index in [2.05, 4.69) is 0 Å². The van der Waals surface area contributed by atoms with Crippen LogP contribution < -0.4 is 0 Å². The van der Waals surface area contributed by atoms with Crippen molar-refractivity contribution >= 4 is 6.29 Å². The number of carbonyl (C=O) groups excluding carboxylic acids is 1. The summed E-state index contributed by atoms with van der Waals surface area (Å²) in [6.45, 7) is 0. The zero-order valence-corrected chi connectivity index (χ0v) is 10.5. The van der Waals surface area contributed by atoms with Crippen molar-refractivity contribution in [3.05, 3.63) is 40.5 Å². The highest BCUT2D eigenvalue weighted by Crippen LogP contribution is 2.16. The molecule has 0 spiro atoms. The van der Waals surface area contributed by atoms with Crippen LogP contribution in [0.15, 0.2) is 0 Å². The Labute approximate surface area is 116 Å². The highest BCUT2D eigenvalue weighted by Gasteiger charge is 2.35. The van der Waals surface area contributed by atoms with Gasteiger partial charge in [-0.1, -0.05) is 0 Å². The SMILES string of the molecule is O=[C]C(CCC([N+](=O)[O-])[N+](=O)[O-])CCC([N+](=O)[O-])[N+](=O)[O-]. The summed E-state index contributed by atoms with van der Waals surface area (Å²) in [7, 11) is 0. The van der Waals surface area contributed by atoms with Crippen molar-refractivity contribution in [2.75, 3.05) is 0 Å². The van der Waals surface area contributed by atoms with E-state index in [4.69, 9.17) is 0 Å². The van der Waals surface area contributed by atoms with Crippen LogP contribution in [-0.2, 0) is 4.79 Å². The number of nitrogens with zero attached hydrogens (tertiary/aromatic N) is 4. The van der Waals surface area contributed by atoms with Crippen molar-refractivity contribution in [3.8, 4) is 0 Å². The van der Waals surface area contributed by atoms with Gasteiger partial charge in [-0.15, -0.1) is 0 Å². The fourth-order valence-corrected chi connectivity index (χ4v) is 1.54. The van der Waals surface area contributed by atoms with Crippen molar-refractivity contribution in [1.82, 2.24) is 0 Å². The topological polar surface area (TPSA) is 190 Å². The van der Waals surface area contributed by atoms with E-state index in [1.807, 2.05) is 0 Å². The molecule has 117 valence electrons. The fraction of sp³-hybridized carbons (Fsp3) is 0.875. The van der Waals surface area contributed by atoms with Gasteiger partial charge in [-0.2, -0.15) is 0 Å². The van der Waals surface area contributed by atoms with Crippen LogP contribution in [0.5, 0.6) is 0 Å². The van der Waals surface area contributed by atoms with Gasteiger partial charge in [0.05, 0.1) is 32.5 Å². The van der Waals surface area contributed by atoms with Gasteiger partial charge in [0, 0.05) is 5.92 Å². The Morgan fingerprint density at radius 2 is 0.952 bits per heavy atom. The van der Waals surface area contributed by atoms with Gasteiger partial charge in [0.25, 0.3) is 0 Å². The van der Waals surface area contributed by atoms with Gasteiger partial charge < -0.3 is 0 Å². The van der Waals surface area contributed by atoms with Crippen molar-refractivity contribution in [3.63, 3.8) is 0 Å². The number of rotatable bonds is 11. The lowest BCUT2D eigenvalue weighted by Crippen LogP contribution is -2.31. The molecule has 0 rings (SSSR count). The van der Waals surface area contributed by atoms with Crippen LogP contribution in [0.25, 0.3) is 0 Å². The van der Waals surface area contributed by atoms with E-state index in [0.717, 1.165) is 0 Å². The molecule has 0 bridgehead atoms. The van der Waals surface area contributed by atoms with E-state index >= 15 is 0 Å². The molecule has 21 heavy (non-hydrogen) atoms. The molecule has 0 aliphatic heterocycles. The molecule has 0 heterocycles. The van der Waals surface area contributed by atoms with Gasteiger partial charge >= 0.3 is 12.3 Å². The molecular formula is C8H11N4O9. The molecule has 0 atom stereocenters. The Kier molecular flexibility index (Phi) is 7.35. The lowest BCUT2D eigenvalue weighted by atomic mass is 9.97. The maximum atomic E-state index is 10.6. The lowest BCUT2D eigenvalue weighted by Gasteiger charge is -2.08. The zero-order chi connectivity index (χ0) is 16.6. The third kappa shape index (κ3) is 6.31. The first-order valence-electron chi connectivity index (χ1n) is 5.62. The van der Waals surface area contributed by atoms with Gasteiger partial charge in [-0.3, -0.25) is 45.3 Å². The third-order valence-electron chi connectivity index (χ3n) is 2.69. The van der Waals surface area contributed by atoms with Crippen molar-refractivity contribution in [2.24, 2.45) is 5.92 Å². The number of hydrogen-bond donors (Lipinski definition) is 0. The molecule has 0 N–H and O–H groups in total. The summed E-state index contributed by atoms with van der Waals surface area (Å²) >= 11 is 0. The summed E-state index contributed by atoms with van der Waals surface area (Å²) in [5, 5.41) is 41.5. The van der Waals surface area contributed by atoms with Crippen LogP contribution in [0.1, 0.15) is 25.7 Å². The van der Waals surface area contributed by atoms with Gasteiger partial charge in [-0.25, -0.2) is 0 Å². The van der Waals surface area contributed by atoms with E-state index in [-0.39, 0.29) is 12.8 Å². The lowest BCUT2D eigenvalue weighted by molar-refractivity contribution is -0.743. The van der Waals surface area contributed by atoms with E-state index in [0.29, 0.717) is 0 Å². The molecule has 0 fully saturated rings. The second kappa shape index (κ2) is 8.44. The minimum absolute atomic E-state index is 0.307. The van der Waals surface area contributed by atoms with Crippen LogP contribution in [0.4, 0.5) is 0 Å². The van der Waals surface area contributed by atoms with Gasteiger partial charge in [0.2, 0.25) is 6.29 Å². The van der Waals surface area contributed by atoms with Gasteiger partial charge in [0.1, 0.15) is 0 Å². The summed E-state index contributed by atoms with van der Waals surface area (Å²) in [4.78, 5) is 47.6.